The molecule has 1 fully saturated rings. The molecule has 1 aliphatic rings. The summed E-state index contributed by atoms with van der Waals surface area (Å²) in [7, 11) is 0. The van der Waals surface area contributed by atoms with Crippen molar-refractivity contribution in [2.75, 3.05) is 13.1 Å². The van der Waals surface area contributed by atoms with Crippen molar-refractivity contribution in [3.63, 3.8) is 0 Å². The molecule has 1 heterocycles. The van der Waals surface area contributed by atoms with Gasteiger partial charge in [-0.1, -0.05) is 30.3 Å². The first-order valence-electron chi connectivity index (χ1n) is 11.5. The van der Waals surface area contributed by atoms with Crippen molar-refractivity contribution in [2.24, 2.45) is 0 Å². The zero-order valence-electron chi connectivity index (χ0n) is 19.6. The van der Waals surface area contributed by atoms with Gasteiger partial charge < -0.3 is 14.7 Å². The summed E-state index contributed by atoms with van der Waals surface area (Å²) in [5.74, 6) is -2.48. The van der Waals surface area contributed by atoms with E-state index in [9.17, 15) is 23.5 Å². The highest BCUT2D eigenvalue weighted by molar-refractivity contribution is 5.95. The molecule has 5 nitrogen and oxygen atoms in total. The predicted molar refractivity (Wildman–Crippen MR) is 128 cm³/mol. The summed E-state index contributed by atoms with van der Waals surface area (Å²) in [6, 6.07) is 17.9. The van der Waals surface area contributed by atoms with Crippen LogP contribution in [0.5, 0.6) is 5.75 Å². The Kier molecular flexibility index (Phi) is 6.87. The molecule has 1 unspecified atom stereocenters. The Morgan fingerprint density at radius 3 is 2.46 bits per heavy atom. The van der Waals surface area contributed by atoms with Gasteiger partial charge in [-0.25, -0.2) is 13.6 Å². The summed E-state index contributed by atoms with van der Waals surface area (Å²) in [5.41, 5.74) is 1.24. The third-order valence-electron chi connectivity index (χ3n) is 6.29. The number of aliphatic carboxylic acids is 1. The second kappa shape index (κ2) is 9.86. The molecule has 1 atom stereocenters. The number of hydrogen-bond acceptors (Lipinski definition) is 3. The van der Waals surface area contributed by atoms with Crippen molar-refractivity contribution < 1.29 is 28.2 Å². The van der Waals surface area contributed by atoms with Crippen LogP contribution in [0.4, 0.5) is 8.78 Å². The van der Waals surface area contributed by atoms with Gasteiger partial charge in [0.1, 0.15) is 5.75 Å². The molecule has 0 bridgehead atoms. The normalized spacial score (nSPS) is 16.1. The highest BCUT2D eigenvalue weighted by Gasteiger charge is 2.30. The number of hydrogen-bond donors (Lipinski definition) is 1. The number of piperidine rings is 1. The number of benzene rings is 3. The Morgan fingerprint density at radius 2 is 1.71 bits per heavy atom. The average molecular weight is 480 g/mol. The first-order chi connectivity index (χ1) is 16.6. The van der Waals surface area contributed by atoms with E-state index in [1.807, 2.05) is 18.2 Å². The molecule has 1 aliphatic heterocycles. The molecule has 3 aromatic carbocycles. The molecular weight excluding hydrogens is 452 g/mol. The van der Waals surface area contributed by atoms with Crippen molar-refractivity contribution in [3.8, 4) is 16.9 Å². The third-order valence-corrected chi connectivity index (χ3v) is 6.29. The van der Waals surface area contributed by atoms with Crippen molar-refractivity contribution in [2.45, 2.75) is 38.2 Å². The van der Waals surface area contributed by atoms with E-state index < -0.39 is 23.2 Å². The van der Waals surface area contributed by atoms with Gasteiger partial charge in [0.2, 0.25) is 0 Å². The fourth-order valence-electron chi connectivity index (χ4n) is 4.29. The lowest BCUT2D eigenvalue weighted by atomic mass is 9.90. The van der Waals surface area contributed by atoms with Crippen LogP contribution in [-0.2, 0) is 4.79 Å². The Balaban J connectivity index is 1.51. The summed E-state index contributed by atoms with van der Waals surface area (Å²) in [6.07, 6.45) is 1.72. The first kappa shape index (κ1) is 24.4. The molecule has 182 valence electrons. The summed E-state index contributed by atoms with van der Waals surface area (Å²) < 4.78 is 32.7. The second-order valence-electron chi connectivity index (χ2n) is 9.29. The molecule has 0 radical (unpaired) electrons. The lowest BCUT2D eigenvalue weighted by molar-refractivity contribution is -0.152. The van der Waals surface area contributed by atoms with E-state index in [1.165, 1.54) is 19.9 Å². The molecular formula is C28H27F2NO4. The van der Waals surface area contributed by atoms with Gasteiger partial charge >= 0.3 is 5.97 Å². The number of carbonyl (C=O) groups is 2. The number of likely N-dealkylation sites (tertiary alicyclic amines) is 1. The summed E-state index contributed by atoms with van der Waals surface area (Å²) in [5, 5.41) is 9.34. The monoisotopic (exact) mass is 479 g/mol. The minimum Gasteiger partial charge on any atom is -0.478 e. The lowest BCUT2D eigenvalue weighted by Gasteiger charge is -2.33. The molecule has 1 N–H and O–H groups in total. The van der Waals surface area contributed by atoms with E-state index in [0.29, 0.717) is 35.5 Å². The van der Waals surface area contributed by atoms with Crippen LogP contribution in [-0.4, -0.2) is 40.6 Å². The Hall–Kier alpha value is -3.74. The lowest BCUT2D eigenvalue weighted by Crippen LogP contribution is -2.39. The maximum Gasteiger partial charge on any atom is 0.347 e. The maximum absolute atomic E-state index is 13.7. The smallest absolute Gasteiger partial charge is 0.347 e. The number of carbonyl (C=O) groups excluding carboxylic acids is 1. The molecule has 0 aromatic heterocycles. The minimum absolute atomic E-state index is 0.0820. The van der Waals surface area contributed by atoms with Gasteiger partial charge in [0.25, 0.3) is 5.91 Å². The zero-order chi connectivity index (χ0) is 25.2. The highest BCUT2D eigenvalue weighted by Crippen LogP contribution is 2.31. The van der Waals surface area contributed by atoms with Gasteiger partial charge in [-0.15, -0.1) is 0 Å². The number of carboxylic acid groups (broad SMARTS) is 1. The summed E-state index contributed by atoms with van der Waals surface area (Å²) in [6.45, 7) is 4.13. The molecule has 0 spiro atoms. The van der Waals surface area contributed by atoms with Gasteiger partial charge in [0.05, 0.1) is 0 Å². The Labute approximate surface area is 203 Å². The number of nitrogens with zero attached hydrogens (tertiary/aromatic N) is 1. The highest BCUT2D eigenvalue weighted by atomic mass is 19.2. The van der Waals surface area contributed by atoms with Crippen LogP contribution in [0.1, 0.15) is 48.5 Å². The Bertz CT molecular complexity index is 1260. The molecule has 35 heavy (non-hydrogen) atoms. The number of halogens is 2. The fraction of sp³-hybridized carbons (Fsp3) is 0.286. The number of ether oxygens (including phenoxy) is 1. The molecule has 3 aromatic rings. The van der Waals surface area contributed by atoms with Crippen LogP contribution in [0, 0.1) is 11.6 Å². The summed E-state index contributed by atoms with van der Waals surface area (Å²) >= 11 is 0. The van der Waals surface area contributed by atoms with Crippen LogP contribution in [0.25, 0.3) is 11.1 Å². The molecule has 4 rings (SSSR count). The summed E-state index contributed by atoms with van der Waals surface area (Å²) in [4.78, 5) is 26.5. The van der Waals surface area contributed by atoms with Gasteiger partial charge in [-0.05, 0) is 79.8 Å². The van der Waals surface area contributed by atoms with Crippen molar-refractivity contribution >= 4 is 11.9 Å². The van der Waals surface area contributed by atoms with Gasteiger partial charge in [-0.3, -0.25) is 4.79 Å². The predicted octanol–water partition coefficient (Wildman–Crippen LogP) is 5.89. The van der Waals surface area contributed by atoms with Crippen molar-refractivity contribution in [3.05, 3.63) is 89.5 Å². The number of amides is 1. The first-order valence-corrected chi connectivity index (χ1v) is 11.5. The van der Waals surface area contributed by atoms with E-state index in [0.717, 1.165) is 30.5 Å². The minimum atomic E-state index is -1.36. The maximum atomic E-state index is 13.7. The van der Waals surface area contributed by atoms with Crippen LogP contribution in [0.15, 0.2) is 66.7 Å². The van der Waals surface area contributed by atoms with Crippen LogP contribution in [0.2, 0.25) is 0 Å². The zero-order valence-corrected chi connectivity index (χ0v) is 19.6. The van der Waals surface area contributed by atoms with E-state index in [1.54, 1.807) is 35.2 Å². The molecule has 0 aliphatic carbocycles. The largest absolute Gasteiger partial charge is 0.478 e. The van der Waals surface area contributed by atoms with E-state index in [2.05, 4.69) is 0 Å². The number of carboxylic acids is 1. The Morgan fingerprint density at radius 1 is 0.971 bits per heavy atom. The van der Waals surface area contributed by atoms with Crippen LogP contribution >= 0.6 is 0 Å². The molecule has 1 amide bonds. The van der Waals surface area contributed by atoms with Gasteiger partial charge in [0, 0.05) is 24.6 Å². The third kappa shape index (κ3) is 5.50. The second-order valence-corrected chi connectivity index (χ2v) is 9.29. The van der Waals surface area contributed by atoms with Crippen LogP contribution < -0.4 is 4.74 Å². The standard InChI is InChI=1S/C28H27F2NO4/c1-28(2,27(33)34)35-23-10-4-7-19(15-23)22-9-5-13-31(17-22)26(32)21-8-3-6-18(14-21)20-11-12-24(29)25(30)16-20/h3-4,6-8,10-12,14-16,22H,5,9,13,17H2,1-2H3,(H,33,34). The topological polar surface area (TPSA) is 66.8 Å². The van der Waals surface area contributed by atoms with E-state index in [4.69, 9.17) is 4.74 Å². The molecule has 0 saturated carbocycles. The van der Waals surface area contributed by atoms with Crippen molar-refractivity contribution in [1.29, 1.82) is 0 Å². The average Bonchev–Trinajstić information content (AvgIpc) is 2.85. The quantitative estimate of drug-likeness (QED) is 0.479. The fourth-order valence-corrected chi connectivity index (χ4v) is 4.29. The van der Waals surface area contributed by atoms with Crippen molar-refractivity contribution in [1.82, 2.24) is 4.90 Å². The number of rotatable bonds is 6. The van der Waals surface area contributed by atoms with Gasteiger partial charge in [-0.2, -0.15) is 0 Å². The van der Waals surface area contributed by atoms with E-state index >= 15 is 0 Å². The van der Waals surface area contributed by atoms with Gasteiger partial charge in [0.15, 0.2) is 17.2 Å². The SMILES string of the molecule is CC(C)(Oc1cccc(C2CCCN(C(=O)c3cccc(-c4ccc(F)c(F)c4)c3)C2)c1)C(=O)O. The van der Waals surface area contributed by atoms with Crippen LogP contribution in [0.3, 0.4) is 0 Å². The molecule has 7 heteroatoms. The molecule has 1 saturated heterocycles. The van der Waals surface area contributed by atoms with E-state index in [-0.39, 0.29) is 11.8 Å².